The molecule has 8 heteroatoms. The molecule has 170 valence electrons. The third-order valence-electron chi connectivity index (χ3n) is 6.29. The summed E-state index contributed by atoms with van der Waals surface area (Å²) in [5, 5.41) is 19.3. The second-order valence-corrected chi connectivity index (χ2v) is 10.2. The van der Waals surface area contributed by atoms with Crippen molar-refractivity contribution in [3.05, 3.63) is 65.6 Å². The maximum absolute atomic E-state index is 13.4. The molecule has 1 atom stereocenters. The maximum atomic E-state index is 13.4. The van der Waals surface area contributed by atoms with Gasteiger partial charge < -0.3 is 4.57 Å². The second-order valence-electron chi connectivity index (χ2n) is 8.25. The van der Waals surface area contributed by atoms with E-state index in [-0.39, 0.29) is 30.3 Å². The van der Waals surface area contributed by atoms with Gasteiger partial charge in [-0.15, -0.1) is 0 Å². The number of nitrogens with zero attached hydrogens (tertiary/aromatic N) is 4. The Morgan fingerprint density at radius 3 is 2.52 bits per heavy atom. The predicted molar refractivity (Wildman–Crippen MR) is 123 cm³/mol. The normalized spacial score (nSPS) is 15.8. The lowest BCUT2D eigenvalue weighted by atomic mass is 9.85. The number of benzene rings is 2. The van der Waals surface area contributed by atoms with E-state index in [0.717, 1.165) is 47.9 Å². The van der Waals surface area contributed by atoms with Gasteiger partial charge in [0.1, 0.15) is 5.82 Å². The number of aryl methyl sites for hydroxylation is 1. The molecule has 0 saturated carbocycles. The van der Waals surface area contributed by atoms with Gasteiger partial charge in [-0.2, -0.15) is 14.8 Å². The summed E-state index contributed by atoms with van der Waals surface area (Å²) in [5.74, 6) is -0.532. The summed E-state index contributed by atoms with van der Waals surface area (Å²) in [5.41, 5.74) is 3.38. The number of rotatable bonds is 8. The minimum Gasteiger partial charge on any atom is -0.343 e. The van der Waals surface area contributed by atoms with Gasteiger partial charge in [0.05, 0.1) is 23.5 Å². The molecule has 1 unspecified atom stereocenters. The number of nitriles is 2. The van der Waals surface area contributed by atoms with Crippen molar-refractivity contribution in [2.24, 2.45) is 0 Å². The molecule has 0 amide bonds. The van der Waals surface area contributed by atoms with Crippen LogP contribution in [0, 0.1) is 28.5 Å². The molecule has 0 fully saturated rings. The SMILES string of the molecule is N#CCCN(CC1CCCc2c1c1ccccc1n2CCC#N)S(=O)(=O)c1ccc(F)cc1. The molecule has 0 spiro atoms. The average Bonchev–Trinajstić information content (AvgIpc) is 3.15. The fourth-order valence-electron chi connectivity index (χ4n) is 4.85. The first-order valence-electron chi connectivity index (χ1n) is 11.1. The summed E-state index contributed by atoms with van der Waals surface area (Å²) in [6.07, 6.45) is 3.12. The lowest BCUT2D eigenvalue weighted by Gasteiger charge is -2.30. The van der Waals surface area contributed by atoms with E-state index >= 15 is 0 Å². The van der Waals surface area contributed by atoms with Crippen LogP contribution < -0.4 is 0 Å². The largest absolute Gasteiger partial charge is 0.343 e. The van der Waals surface area contributed by atoms with Gasteiger partial charge in [-0.05, 0) is 55.2 Å². The highest BCUT2D eigenvalue weighted by molar-refractivity contribution is 7.89. The van der Waals surface area contributed by atoms with E-state index in [1.807, 2.05) is 24.3 Å². The van der Waals surface area contributed by atoms with Gasteiger partial charge in [-0.25, -0.2) is 12.8 Å². The van der Waals surface area contributed by atoms with E-state index < -0.39 is 15.8 Å². The molecule has 1 aliphatic carbocycles. The van der Waals surface area contributed by atoms with Crippen LogP contribution in [0.3, 0.4) is 0 Å². The molecule has 33 heavy (non-hydrogen) atoms. The Morgan fingerprint density at radius 1 is 1.06 bits per heavy atom. The molecule has 1 aromatic heterocycles. The Hall–Kier alpha value is -3.20. The minimum absolute atomic E-state index is 0.0225. The Morgan fingerprint density at radius 2 is 1.79 bits per heavy atom. The van der Waals surface area contributed by atoms with Crippen LogP contribution in [0.5, 0.6) is 0 Å². The molecule has 2 aromatic carbocycles. The maximum Gasteiger partial charge on any atom is 0.243 e. The monoisotopic (exact) mass is 464 g/mol. The zero-order valence-corrected chi connectivity index (χ0v) is 19.1. The summed E-state index contributed by atoms with van der Waals surface area (Å²) in [7, 11) is -3.89. The van der Waals surface area contributed by atoms with Crippen LogP contribution in [0.25, 0.3) is 10.9 Å². The van der Waals surface area contributed by atoms with Crippen molar-refractivity contribution >= 4 is 20.9 Å². The lowest BCUT2D eigenvalue weighted by Crippen LogP contribution is -2.36. The Kier molecular flexibility index (Phi) is 6.78. The molecular formula is C25H25FN4O2S. The van der Waals surface area contributed by atoms with Crippen molar-refractivity contribution in [1.29, 1.82) is 10.5 Å². The van der Waals surface area contributed by atoms with Gasteiger partial charge in [0, 0.05) is 48.6 Å². The Balaban J connectivity index is 1.74. The third kappa shape index (κ3) is 4.50. The van der Waals surface area contributed by atoms with E-state index in [4.69, 9.17) is 10.5 Å². The van der Waals surface area contributed by atoms with Crippen LogP contribution in [0.15, 0.2) is 53.4 Å². The van der Waals surface area contributed by atoms with Gasteiger partial charge in [-0.3, -0.25) is 0 Å². The topological polar surface area (TPSA) is 89.9 Å². The van der Waals surface area contributed by atoms with Crippen molar-refractivity contribution in [3.8, 4) is 12.1 Å². The van der Waals surface area contributed by atoms with Crippen LogP contribution in [-0.4, -0.2) is 30.4 Å². The number of sulfonamides is 1. The number of hydrogen-bond acceptors (Lipinski definition) is 4. The van der Waals surface area contributed by atoms with Gasteiger partial charge in [-0.1, -0.05) is 18.2 Å². The molecule has 0 radical (unpaired) electrons. The molecule has 4 rings (SSSR count). The number of aromatic nitrogens is 1. The fraction of sp³-hybridized carbons (Fsp3) is 0.360. The predicted octanol–water partition coefficient (Wildman–Crippen LogP) is 4.72. The highest BCUT2D eigenvalue weighted by atomic mass is 32.2. The summed E-state index contributed by atoms with van der Waals surface area (Å²) < 4.78 is 43.7. The number of para-hydroxylation sites is 1. The quantitative estimate of drug-likeness (QED) is 0.482. The minimum atomic E-state index is -3.89. The van der Waals surface area contributed by atoms with Crippen LogP contribution in [0.4, 0.5) is 4.39 Å². The van der Waals surface area contributed by atoms with Gasteiger partial charge in [0.25, 0.3) is 0 Å². The molecule has 3 aromatic rings. The molecule has 1 heterocycles. The highest BCUT2D eigenvalue weighted by Crippen LogP contribution is 2.40. The Bertz CT molecular complexity index is 1330. The third-order valence-corrected chi connectivity index (χ3v) is 8.17. The Labute approximate surface area is 193 Å². The molecule has 0 N–H and O–H groups in total. The van der Waals surface area contributed by atoms with Crippen LogP contribution in [0.2, 0.25) is 0 Å². The first kappa shape index (κ1) is 23.0. The lowest BCUT2D eigenvalue weighted by molar-refractivity contribution is 0.369. The van der Waals surface area contributed by atoms with Crippen molar-refractivity contribution in [3.63, 3.8) is 0 Å². The van der Waals surface area contributed by atoms with E-state index in [2.05, 4.69) is 16.7 Å². The molecule has 1 aliphatic rings. The van der Waals surface area contributed by atoms with Crippen molar-refractivity contribution in [2.75, 3.05) is 13.1 Å². The first-order valence-corrected chi connectivity index (χ1v) is 12.5. The first-order chi connectivity index (χ1) is 16.0. The van der Waals surface area contributed by atoms with E-state index in [0.29, 0.717) is 13.0 Å². The summed E-state index contributed by atoms with van der Waals surface area (Å²) >= 11 is 0. The van der Waals surface area contributed by atoms with E-state index in [9.17, 15) is 12.8 Å². The van der Waals surface area contributed by atoms with Crippen molar-refractivity contribution in [1.82, 2.24) is 8.87 Å². The van der Waals surface area contributed by atoms with E-state index in [1.165, 1.54) is 22.1 Å². The standard InChI is InChI=1S/C25H25FN4O2S/c26-20-10-12-21(13-11-20)33(31,32)29(16-4-14-27)18-19-6-3-9-24-25(19)22-7-1-2-8-23(22)30(24)17-5-15-28/h1-2,7-8,10-13,19H,3-6,9,16-18H2. The van der Waals surface area contributed by atoms with Gasteiger partial charge >= 0.3 is 0 Å². The van der Waals surface area contributed by atoms with Gasteiger partial charge in [0.2, 0.25) is 10.0 Å². The van der Waals surface area contributed by atoms with Crippen molar-refractivity contribution in [2.45, 2.75) is 49.5 Å². The second kappa shape index (κ2) is 9.74. The summed E-state index contributed by atoms with van der Waals surface area (Å²) in [4.78, 5) is 0.0225. The van der Waals surface area contributed by atoms with E-state index in [1.54, 1.807) is 0 Å². The summed E-state index contributed by atoms with van der Waals surface area (Å²) in [6, 6.07) is 17.1. The fourth-order valence-corrected chi connectivity index (χ4v) is 6.34. The highest BCUT2D eigenvalue weighted by Gasteiger charge is 2.32. The van der Waals surface area contributed by atoms with Crippen molar-refractivity contribution < 1.29 is 12.8 Å². The molecule has 0 aliphatic heterocycles. The summed E-state index contributed by atoms with van der Waals surface area (Å²) in [6.45, 7) is 0.931. The van der Waals surface area contributed by atoms with Crippen LogP contribution >= 0.6 is 0 Å². The number of hydrogen-bond donors (Lipinski definition) is 0. The molecule has 6 nitrogen and oxygen atoms in total. The van der Waals surface area contributed by atoms with Crippen LogP contribution in [-0.2, 0) is 23.0 Å². The van der Waals surface area contributed by atoms with Gasteiger partial charge in [0.15, 0.2) is 0 Å². The molecule has 0 saturated heterocycles. The zero-order valence-electron chi connectivity index (χ0n) is 18.2. The number of halogens is 1. The number of fused-ring (bicyclic) bond motifs is 3. The molecular weight excluding hydrogens is 439 g/mol. The average molecular weight is 465 g/mol. The smallest absolute Gasteiger partial charge is 0.243 e. The van der Waals surface area contributed by atoms with Crippen LogP contribution in [0.1, 0.15) is 42.9 Å². The molecule has 0 bridgehead atoms. The zero-order chi connectivity index (χ0) is 23.4.